The Morgan fingerprint density at radius 2 is 2.00 bits per heavy atom. The van der Waals surface area contributed by atoms with E-state index in [2.05, 4.69) is 42.4 Å². The number of rotatable bonds is 5. The van der Waals surface area contributed by atoms with E-state index in [9.17, 15) is 9.90 Å². The Hall–Kier alpha value is -2.37. The summed E-state index contributed by atoms with van der Waals surface area (Å²) in [6.07, 6.45) is 1.32. The highest BCUT2D eigenvalue weighted by Gasteiger charge is 2.07. The number of amides is 1. The highest BCUT2D eigenvalue weighted by molar-refractivity contribution is 9.10. The standard InChI is InChI=1S/C16H11Br2N3O3/c17-12-1-3-14(22)11(6-12)8-20-21-16(23)9-24-15-4-2-13(18)5-10(15)7-19/h1-6,8,22H,9H2,(H,21,23)/b20-8+. The number of aromatic hydroxyl groups is 1. The lowest BCUT2D eigenvalue weighted by Gasteiger charge is -2.07. The van der Waals surface area contributed by atoms with Crippen LogP contribution in [0.4, 0.5) is 0 Å². The summed E-state index contributed by atoms with van der Waals surface area (Å²) in [4.78, 5) is 11.7. The van der Waals surface area contributed by atoms with Gasteiger partial charge in [0.25, 0.3) is 5.91 Å². The Kier molecular flexibility index (Phi) is 6.35. The van der Waals surface area contributed by atoms with Gasteiger partial charge in [-0.3, -0.25) is 4.79 Å². The monoisotopic (exact) mass is 451 g/mol. The van der Waals surface area contributed by atoms with Crippen LogP contribution in [-0.4, -0.2) is 23.8 Å². The van der Waals surface area contributed by atoms with E-state index in [0.29, 0.717) is 16.9 Å². The van der Waals surface area contributed by atoms with Gasteiger partial charge in [0.2, 0.25) is 0 Å². The molecule has 24 heavy (non-hydrogen) atoms. The quantitative estimate of drug-likeness (QED) is 0.537. The van der Waals surface area contributed by atoms with E-state index in [1.54, 1.807) is 30.3 Å². The highest BCUT2D eigenvalue weighted by atomic mass is 79.9. The van der Waals surface area contributed by atoms with E-state index in [4.69, 9.17) is 10.00 Å². The van der Waals surface area contributed by atoms with E-state index >= 15 is 0 Å². The van der Waals surface area contributed by atoms with E-state index in [-0.39, 0.29) is 12.4 Å². The third kappa shape index (κ3) is 5.08. The molecule has 0 saturated heterocycles. The minimum atomic E-state index is -0.493. The van der Waals surface area contributed by atoms with Crippen molar-refractivity contribution in [3.63, 3.8) is 0 Å². The molecule has 0 aliphatic rings. The van der Waals surface area contributed by atoms with Crippen LogP contribution >= 0.6 is 31.9 Å². The summed E-state index contributed by atoms with van der Waals surface area (Å²) in [5, 5.41) is 22.4. The van der Waals surface area contributed by atoms with Crippen molar-refractivity contribution in [3.05, 3.63) is 56.5 Å². The molecule has 0 spiro atoms. The molecule has 0 atom stereocenters. The van der Waals surface area contributed by atoms with E-state index in [1.807, 2.05) is 6.07 Å². The Labute approximate surface area is 155 Å². The molecule has 8 heteroatoms. The van der Waals surface area contributed by atoms with Crippen molar-refractivity contribution in [2.75, 3.05) is 6.61 Å². The first-order valence-electron chi connectivity index (χ1n) is 6.62. The molecule has 2 N–H and O–H groups in total. The summed E-state index contributed by atoms with van der Waals surface area (Å²) in [6, 6.07) is 11.7. The normalized spacial score (nSPS) is 10.4. The van der Waals surface area contributed by atoms with Crippen molar-refractivity contribution in [2.45, 2.75) is 0 Å². The predicted molar refractivity (Wildman–Crippen MR) is 95.9 cm³/mol. The molecular formula is C16H11Br2N3O3. The van der Waals surface area contributed by atoms with E-state index in [0.717, 1.165) is 8.95 Å². The number of phenols is 1. The maximum Gasteiger partial charge on any atom is 0.277 e. The lowest BCUT2D eigenvalue weighted by atomic mass is 10.2. The number of hydrazone groups is 1. The van der Waals surface area contributed by atoms with Crippen LogP contribution in [0.15, 0.2) is 50.4 Å². The number of nitriles is 1. The molecule has 2 aromatic rings. The Morgan fingerprint density at radius 1 is 1.29 bits per heavy atom. The predicted octanol–water partition coefficient (Wildman–Crippen LogP) is 3.32. The summed E-state index contributed by atoms with van der Waals surface area (Å²) in [6.45, 7) is -0.294. The van der Waals surface area contributed by atoms with E-state index < -0.39 is 5.91 Å². The second kappa shape index (κ2) is 8.47. The highest BCUT2D eigenvalue weighted by Crippen LogP contribution is 2.22. The molecule has 0 saturated carbocycles. The average molecular weight is 453 g/mol. The number of hydrogen-bond donors (Lipinski definition) is 2. The number of halogens is 2. The summed E-state index contributed by atoms with van der Waals surface area (Å²) in [5.41, 5.74) is 3.05. The third-order valence-electron chi connectivity index (χ3n) is 2.80. The summed E-state index contributed by atoms with van der Waals surface area (Å²) < 4.78 is 6.82. The molecular weight excluding hydrogens is 442 g/mol. The lowest BCUT2D eigenvalue weighted by Crippen LogP contribution is -2.24. The summed E-state index contributed by atoms with van der Waals surface area (Å²) >= 11 is 6.53. The van der Waals surface area contributed by atoms with Crippen LogP contribution in [0.1, 0.15) is 11.1 Å². The number of benzene rings is 2. The van der Waals surface area contributed by atoms with E-state index in [1.165, 1.54) is 12.3 Å². The second-order valence-corrected chi connectivity index (χ2v) is 6.37. The van der Waals surface area contributed by atoms with Gasteiger partial charge in [-0.15, -0.1) is 0 Å². The summed E-state index contributed by atoms with van der Waals surface area (Å²) in [7, 11) is 0. The largest absolute Gasteiger partial charge is 0.507 e. The number of nitrogens with zero attached hydrogens (tertiary/aromatic N) is 2. The SMILES string of the molecule is N#Cc1cc(Br)ccc1OCC(=O)N/N=C/c1cc(Br)ccc1O. The van der Waals surface area contributed by atoms with Gasteiger partial charge in [0.05, 0.1) is 11.8 Å². The zero-order chi connectivity index (χ0) is 17.5. The minimum Gasteiger partial charge on any atom is -0.507 e. The molecule has 2 rings (SSSR count). The lowest BCUT2D eigenvalue weighted by molar-refractivity contribution is -0.123. The van der Waals surface area contributed by atoms with Crippen LogP contribution in [-0.2, 0) is 4.79 Å². The fourth-order valence-electron chi connectivity index (χ4n) is 1.69. The van der Waals surface area contributed by atoms with Crippen LogP contribution in [0.25, 0.3) is 0 Å². The average Bonchev–Trinajstić information content (AvgIpc) is 2.56. The summed E-state index contributed by atoms with van der Waals surface area (Å²) in [5.74, 6) is -0.141. The van der Waals surface area contributed by atoms with Gasteiger partial charge in [0.15, 0.2) is 6.61 Å². The first kappa shape index (κ1) is 18.0. The third-order valence-corrected chi connectivity index (χ3v) is 3.79. The van der Waals surface area contributed by atoms with Gasteiger partial charge in [-0.05, 0) is 36.4 Å². The van der Waals surface area contributed by atoms with Crippen molar-refractivity contribution < 1.29 is 14.6 Å². The molecule has 0 fully saturated rings. The van der Waals surface area contributed by atoms with Crippen molar-refractivity contribution in [1.82, 2.24) is 5.43 Å². The first-order chi connectivity index (χ1) is 11.5. The van der Waals surface area contributed by atoms with Crippen LogP contribution in [0, 0.1) is 11.3 Å². The number of hydrogen-bond acceptors (Lipinski definition) is 5. The molecule has 0 unspecified atom stereocenters. The molecule has 0 bridgehead atoms. The van der Waals surface area contributed by atoms with Crippen LogP contribution in [0.5, 0.6) is 11.5 Å². The van der Waals surface area contributed by atoms with Crippen molar-refractivity contribution in [3.8, 4) is 17.6 Å². The number of carbonyl (C=O) groups excluding carboxylic acids is 1. The zero-order valence-corrected chi connectivity index (χ0v) is 15.3. The van der Waals surface area contributed by atoms with Crippen LogP contribution in [0.2, 0.25) is 0 Å². The number of carbonyl (C=O) groups is 1. The van der Waals surface area contributed by atoms with Gasteiger partial charge in [-0.1, -0.05) is 31.9 Å². The second-order valence-electron chi connectivity index (χ2n) is 4.54. The fraction of sp³-hybridized carbons (Fsp3) is 0.0625. The maximum absolute atomic E-state index is 11.7. The molecule has 0 radical (unpaired) electrons. The molecule has 122 valence electrons. The number of phenolic OH excluding ortho intramolecular Hbond substituents is 1. The topological polar surface area (TPSA) is 94.7 Å². The number of ether oxygens (including phenoxy) is 1. The van der Waals surface area contributed by atoms with Gasteiger partial charge in [0, 0.05) is 14.5 Å². The molecule has 1 amide bonds. The fourth-order valence-corrected chi connectivity index (χ4v) is 2.43. The van der Waals surface area contributed by atoms with Gasteiger partial charge < -0.3 is 9.84 Å². The van der Waals surface area contributed by atoms with Crippen molar-refractivity contribution in [1.29, 1.82) is 5.26 Å². The van der Waals surface area contributed by atoms with Crippen LogP contribution < -0.4 is 10.2 Å². The maximum atomic E-state index is 11.7. The van der Waals surface area contributed by atoms with Gasteiger partial charge in [0.1, 0.15) is 17.6 Å². The molecule has 0 aliphatic carbocycles. The van der Waals surface area contributed by atoms with Crippen molar-refractivity contribution >= 4 is 44.0 Å². The van der Waals surface area contributed by atoms with Crippen molar-refractivity contribution in [2.24, 2.45) is 5.10 Å². The Morgan fingerprint density at radius 3 is 2.75 bits per heavy atom. The van der Waals surface area contributed by atoms with Gasteiger partial charge >= 0.3 is 0 Å². The minimum absolute atomic E-state index is 0.0426. The Balaban J connectivity index is 1.91. The molecule has 0 aromatic heterocycles. The first-order valence-corrected chi connectivity index (χ1v) is 8.21. The molecule has 0 heterocycles. The van der Waals surface area contributed by atoms with Crippen LogP contribution in [0.3, 0.4) is 0 Å². The Bertz CT molecular complexity index is 832. The molecule has 6 nitrogen and oxygen atoms in total. The van der Waals surface area contributed by atoms with Gasteiger partial charge in [-0.2, -0.15) is 10.4 Å². The van der Waals surface area contributed by atoms with Gasteiger partial charge in [-0.25, -0.2) is 5.43 Å². The number of nitrogens with one attached hydrogen (secondary N) is 1. The molecule has 2 aromatic carbocycles. The molecule has 0 aliphatic heterocycles. The zero-order valence-electron chi connectivity index (χ0n) is 12.2. The smallest absolute Gasteiger partial charge is 0.277 e.